The molecule has 0 spiro atoms. The highest BCUT2D eigenvalue weighted by atomic mass is 16.5. The fraction of sp³-hybridized carbons (Fsp3) is 0.375. The van der Waals surface area contributed by atoms with E-state index in [4.69, 9.17) is 9.15 Å². The lowest BCUT2D eigenvalue weighted by Crippen LogP contribution is -2.30. The van der Waals surface area contributed by atoms with Crippen LogP contribution in [0.5, 0.6) is 0 Å². The van der Waals surface area contributed by atoms with Crippen molar-refractivity contribution in [2.45, 2.75) is 18.4 Å². The van der Waals surface area contributed by atoms with Crippen molar-refractivity contribution in [2.24, 2.45) is 5.92 Å². The third-order valence-electron chi connectivity index (χ3n) is 3.87. The molecule has 0 unspecified atom stereocenters. The normalized spacial score (nSPS) is 27.3. The van der Waals surface area contributed by atoms with E-state index in [1.165, 1.54) is 5.56 Å². The molecule has 1 saturated heterocycles. The molecule has 2 aromatic rings. The summed E-state index contributed by atoms with van der Waals surface area (Å²) in [5.74, 6) is 1.35. The van der Waals surface area contributed by atoms with E-state index in [0.29, 0.717) is 12.5 Å². The number of ether oxygens (including phenoxy) is 1. The van der Waals surface area contributed by atoms with Crippen molar-refractivity contribution in [1.29, 1.82) is 0 Å². The number of benzene rings is 1. The molecule has 0 bridgehead atoms. The van der Waals surface area contributed by atoms with Crippen molar-refractivity contribution < 1.29 is 14.3 Å². The van der Waals surface area contributed by atoms with Crippen LogP contribution in [-0.2, 0) is 4.74 Å². The van der Waals surface area contributed by atoms with Gasteiger partial charge in [-0.15, -0.1) is 0 Å². The molecule has 3 nitrogen and oxygen atoms in total. The number of aliphatic hydroxyl groups is 1. The van der Waals surface area contributed by atoms with Gasteiger partial charge in [-0.25, -0.2) is 0 Å². The van der Waals surface area contributed by atoms with Gasteiger partial charge in [0.05, 0.1) is 12.9 Å². The van der Waals surface area contributed by atoms with Crippen molar-refractivity contribution in [3.05, 3.63) is 60.1 Å². The zero-order valence-corrected chi connectivity index (χ0v) is 10.7. The molecule has 3 heteroatoms. The van der Waals surface area contributed by atoms with Gasteiger partial charge < -0.3 is 14.3 Å². The van der Waals surface area contributed by atoms with Crippen LogP contribution >= 0.6 is 0 Å². The zero-order valence-electron chi connectivity index (χ0n) is 10.7. The Balaban J connectivity index is 1.83. The van der Waals surface area contributed by atoms with Gasteiger partial charge in [0.2, 0.25) is 0 Å². The summed E-state index contributed by atoms with van der Waals surface area (Å²) in [6.07, 6.45) is 2.51. The van der Waals surface area contributed by atoms with Gasteiger partial charge in [-0.1, -0.05) is 30.3 Å². The lowest BCUT2D eigenvalue weighted by Gasteiger charge is -2.35. The minimum atomic E-state index is -0.0111. The Morgan fingerprint density at radius 1 is 1.11 bits per heavy atom. The first-order chi connectivity index (χ1) is 9.38. The molecule has 19 heavy (non-hydrogen) atoms. The molecular weight excluding hydrogens is 240 g/mol. The second-order valence-electron chi connectivity index (χ2n) is 5.03. The Morgan fingerprint density at radius 2 is 1.95 bits per heavy atom. The van der Waals surface area contributed by atoms with E-state index in [9.17, 15) is 5.11 Å². The number of aliphatic hydroxyl groups excluding tert-OH is 1. The van der Waals surface area contributed by atoms with Crippen LogP contribution in [-0.4, -0.2) is 18.3 Å². The Hall–Kier alpha value is -1.58. The fourth-order valence-corrected chi connectivity index (χ4v) is 2.81. The van der Waals surface area contributed by atoms with E-state index < -0.39 is 0 Å². The molecule has 0 amide bonds. The monoisotopic (exact) mass is 258 g/mol. The lowest BCUT2D eigenvalue weighted by atomic mass is 9.80. The van der Waals surface area contributed by atoms with Crippen molar-refractivity contribution in [3.8, 4) is 0 Å². The molecule has 0 saturated carbocycles. The van der Waals surface area contributed by atoms with Crippen LogP contribution in [0.4, 0.5) is 0 Å². The second kappa shape index (κ2) is 5.59. The summed E-state index contributed by atoms with van der Waals surface area (Å²) in [6, 6.07) is 14.2. The van der Waals surface area contributed by atoms with Gasteiger partial charge in [0.15, 0.2) is 0 Å². The number of hydrogen-bond acceptors (Lipinski definition) is 3. The van der Waals surface area contributed by atoms with Gasteiger partial charge >= 0.3 is 0 Å². The molecule has 100 valence electrons. The number of rotatable bonds is 3. The minimum absolute atomic E-state index is 0.0111. The standard InChI is InChI=1S/C16H18O3/c17-10-13-11-19-16(15-7-4-8-18-15)9-14(13)12-5-2-1-3-6-12/h1-8,13-14,16-17H,9-11H2/t13-,14+,16-/m1/s1. The molecule has 1 aromatic heterocycles. The smallest absolute Gasteiger partial charge is 0.132 e. The summed E-state index contributed by atoms with van der Waals surface area (Å²) < 4.78 is 11.3. The van der Waals surface area contributed by atoms with Gasteiger partial charge in [-0.05, 0) is 30.0 Å². The van der Waals surface area contributed by atoms with Gasteiger partial charge in [0.25, 0.3) is 0 Å². The van der Waals surface area contributed by atoms with Gasteiger partial charge in [0.1, 0.15) is 11.9 Å². The largest absolute Gasteiger partial charge is 0.467 e. The summed E-state index contributed by atoms with van der Waals surface area (Å²) in [4.78, 5) is 0. The molecule has 1 aliphatic heterocycles. The first kappa shape index (κ1) is 12.5. The first-order valence-electron chi connectivity index (χ1n) is 6.69. The highest BCUT2D eigenvalue weighted by Gasteiger charge is 2.33. The highest BCUT2D eigenvalue weighted by molar-refractivity contribution is 5.22. The maximum absolute atomic E-state index is 9.54. The molecule has 0 aliphatic carbocycles. The predicted molar refractivity (Wildman–Crippen MR) is 71.8 cm³/mol. The lowest BCUT2D eigenvalue weighted by molar-refractivity contribution is -0.0526. The Labute approximate surface area is 112 Å². The van der Waals surface area contributed by atoms with Crippen LogP contribution in [0.15, 0.2) is 53.1 Å². The molecule has 3 rings (SSSR count). The Bertz CT molecular complexity index is 492. The molecule has 3 atom stereocenters. The minimum Gasteiger partial charge on any atom is -0.467 e. The molecule has 1 N–H and O–H groups in total. The van der Waals surface area contributed by atoms with E-state index in [0.717, 1.165) is 12.2 Å². The molecule has 1 aliphatic rings. The average Bonchev–Trinajstić information content (AvgIpc) is 3.02. The van der Waals surface area contributed by atoms with Gasteiger partial charge in [-0.2, -0.15) is 0 Å². The van der Waals surface area contributed by atoms with Crippen LogP contribution in [0.2, 0.25) is 0 Å². The summed E-state index contributed by atoms with van der Waals surface area (Å²) in [7, 11) is 0. The van der Waals surface area contributed by atoms with Gasteiger partial charge in [0, 0.05) is 12.5 Å². The van der Waals surface area contributed by atoms with E-state index in [1.807, 2.05) is 30.3 Å². The summed E-state index contributed by atoms with van der Waals surface area (Å²) in [5.41, 5.74) is 1.27. The molecular formula is C16H18O3. The van der Waals surface area contributed by atoms with E-state index in [1.54, 1.807) is 6.26 Å². The Morgan fingerprint density at radius 3 is 2.63 bits per heavy atom. The topological polar surface area (TPSA) is 42.6 Å². The SMILES string of the molecule is OC[C@@H]1CO[C@@H](c2ccco2)C[C@H]1c1ccccc1. The third kappa shape index (κ3) is 2.57. The van der Waals surface area contributed by atoms with Gasteiger partial charge in [-0.3, -0.25) is 0 Å². The van der Waals surface area contributed by atoms with Crippen LogP contribution in [0, 0.1) is 5.92 Å². The van der Waals surface area contributed by atoms with Crippen molar-refractivity contribution in [2.75, 3.05) is 13.2 Å². The van der Waals surface area contributed by atoms with Crippen LogP contribution in [0.1, 0.15) is 29.8 Å². The van der Waals surface area contributed by atoms with Crippen molar-refractivity contribution in [1.82, 2.24) is 0 Å². The third-order valence-corrected chi connectivity index (χ3v) is 3.87. The zero-order chi connectivity index (χ0) is 13.1. The van der Waals surface area contributed by atoms with E-state index in [2.05, 4.69) is 12.1 Å². The van der Waals surface area contributed by atoms with Crippen LogP contribution < -0.4 is 0 Å². The molecule has 2 heterocycles. The summed E-state index contributed by atoms with van der Waals surface area (Å²) >= 11 is 0. The van der Waals surface area contributed by atoms with Crippen LogP contribution in [0.3, 0.4) is 0 Å². The second-order valence-corrected chi connectivity index (χ2v) is 5.03. The summed E-state index contributed by atoms with van der Waals surface area (Å²) in [5, 5.41) is 9.54. The number of hydrogen-bond donors (Lipinski definition) is 1. The molecule has 1 fully saturated rings. The molecule has 0 radical (unpaired) electrons. The highest BCUT2D eigenvalue weighted by Crippen LogP contribution is 2.40. The number of furan rings is 1. The maximum Gasteiger partial charge on any atom is 0.132 e. The first-order valence-corrected chi connectivity index (χ1v) is 6.69. The fourth-order valence-electron chi connectivity index (χ4n) is 2.81. The quantitative estimate of drug-likeness (QED) is 0.919. The summed E-state index contributed by atoms with van der Waals surface area (Å²) in [6.45, 7) is 0.728. The average molecular weight is 258 g/mol. The van der Waals surface area contributed by atoms with Crippen LogP contribution in [0.25, 0.3) is 0 Å². The molecule has 1 aromatic carbocycles. The van der Waals surface area contributed by atoms with Crippen molar-refractivity contribution in [3.63, 3.8) is 0 Å². The predicted octanol–water partition coefficient (Wildman–Crippen LogP) is 3.13. The van der Waals surface area contributed by atoms with Crippen molar-refractivity contribution >= 4 is 0 Å². The Kier molecular flexibility index (Phi) is 3.67. The maximum atomic E-state index is 9.54. The van der Waals surface area contributed by atoms with E-state index >= 15 is 0 Å². The van der Waals surface area contributed by atoms with E-state index in [-0.39, 0.29) is 18.6 Å².